The summed E-state index contributed by atoms with van der Waals surface area (Å²) < 4.78 is 0. The van der Waals surface area contributed by atoms with E-state index in [1.54, 1.807) is 13.8 Å². The molecule has 3 N–H and O–H groups in total. The van der Waals surface area contributed by atoms with Crippen molar-refractivity contribution >= 4 is 0 Å². The Hall–Kier alpha value is -0.520. The lowest BCUT2D eigenvalue weighted by Gasteiger charge is -2.12. The van der Waals surface area contributed by atoms with E-state index >= 15 is 0 Å². The number of hydrogen-bond donors (Lipinski definition) is 2. The normalized spacial score (nSPS) is 18.5. The molecule has 0 aliphatic heterocycles. The third kappa shape index (κ3) is 4.37. The summed E-state index contributed by atoms with van der Waals surface area (Å²) in [5.74, 6) is 5.40. The van der Waals surface area contributed by atoms with Crippen LogP contribution in [0.1, 0.15) is 27.2 Å². The van der Waals surface area contributed by atoms with Crippen LogP contribution in [0.15, 0.2) is 0 Å². The monoisotopic (exact) mass is 141 g/mol. The lowest BCUT2D eigenvalue weighted by molar-refractivity contribution is 0.118. The molecule has 0 radical (unpaired) electrons. The first-order chi connectivity index (χ1) is 4.48. The molecule has 0 amide bonds. The van der Waals surface area contributed by atoms with Gasteiger partial charge < -0.3 is 10.8 Å². The molecular formula is C8H15NO. The van der Waals surface area contributed by atoms with Crippen LogP contribution in [0.3, 0.4) is 0 Å². The molecule has 58 valence electrons. The summed E-state index contributed by atoms with van der Waals surface area (Å²) in [6, 6.07) is -0.155. The quantitative estimate of drug-likeness (QED) is 0.522. The predicted molar refractivity (Wildman–Crippen MR) is 42.3 cm³/mol. The highest BCUT2D eigenvalue weighted by Crippen LogP contribution is 2.04. The highest BCUT2D eigenvalue weighted by molar-refractivity contribution is 5.14. The molecule has 0 rings (SSSR count). The Balaban J connectivity index is 4.02. The average Bonchev–Trinajstić information content (AvgIpc) is 1.85. The van der Waals surface area contributed by atoms with E-state index in [2.05, 4.69) is 11.8 Å². The third-order valence-electron chi connectivity index (χ3n) is 1.26. The Kier molecular flexibility index (Phi) is 3.41. The molecule has 2 heteroatoms. The van der Waals surface area contributed by atoms with Crippen molar-refractivity contribution in [3.63, 3.8) is 0 Å². The maximum absolute atomic E-state index is 9.34. The van der Waals surface area contributed by atoms with E-state index in [0.29, 0.717) is 6.42 Å². The van der Waals surface area contributed by atoms with Crippen molar-refractivity contribution in [2.24, 2.45) is 5.73 Å². The first-order valence-electron chi connectivity index (χ1n) is 3.48. The molecule has 0 aromatic carbocycles. The Bertz CT molecular complexity index is 150. The fraction of sp³-hybridized carbons (Fsp3) is 0.750. The van der Waals surface area contributed by atoms with Crippen LogP contribution in [-0.4, -0.2) is 16.7 Å². The lowest BCUT2D eigenvalue weighted by Crippen LogP contribution is -2.21. The van der Waals surface area contributed by atoms with Gasteiger partial charge in [0.1, 0.15) is 5.60 Å². The van der Waals surface area contributed by atoms with Crippen molar-refractivity contribution in [2.45, 2.75) is 38.8 Å². The summed E-state index contributed by atoms with van der Waals surface area (Å²) in [4.78, 5) is 0. The van der Waals surface area contributed by atoms with Crippen molar-refractivity contribution in [1.82, 2.24) is 0 Å². The van der Waals surface area contributed by atoms with E-state index in [-0.39, 0.29) is 6.04 Å². The van der Waals surface area contributed by atoms with E-state index in [1.807, 2.05) is 6.92 Å². The zero-order valence-corrected chi connectivity index (χ0v) is 6.81. The van der Waals surface area contributed by atoms with Crippen LogP contribution in [0.5, 0.6) is 0 Å². The summed E-state index contributed by atoms with van der Waals surface area (Å²) in [5.41, 5.74) is 4.50. The van der Waals surface area contributed by atoms with Crippen molar-refractivity contribution in [3.8, 4) is 11.8 Å². The first kappa shape index (κ1) is 9.48. The van der Waals surface area contributed by atoms with Crippen LogP contribution in [0, 0.1) is 11.8 Å². The molecule has 0 spiro atoms. The Morgan fingerprint density at radius 1 is 1.70 bits per heavy atom. The maximum atomic E-state index is 9.34. The second-order valence-electron chi connectivity index (χ2n) is 2.69. The number of nitrogens with two attached hydrogens (primary N) is 1. The summed E-state index contributed by atoms with van der Waals surface area (Å²) >= 11 is 0. The Morgan fingerprint density at radius 3 is 2.50 bits per heavy atom. The van der Waals surface area contributed by atoms with E-state index < -0.39 is 5.60 Å². The van der Waals surface area contributed by atoms with Gasteiger partial charge in [0.15, 0.2) is 0 Å². The second-order valence-corrected chi connectivity index (χ2v) is 2.69. The van der Waals surface area contributed by atoms with Gasteiger partial charge >= 0.3 is 0 Å². The van der Waals surface area contributed by atoms with Crippen molar-refractivity contribution < 1.29 is 5.11 Å². The standard InChI is InChI=1S/C8H15NO/c1-4-8(3,10)6-5-7(2)9/h7,10H,4,9H2,1-3H3. The second kappa shape index (κ2) is 3.60. The maximum Gasteiger partial charge on any atom is 0.122 e. The smallest absolute Gasteiger partial charge is 0.122 e. The van der Waals surface area contributed by atoms with Gasteiger partial charge in [0.25, 0.3) is 0 Å². The van der Waals surface area contributed by atoms with Gasteiger partial charge in [-0.25, -0.2) is 0 Å². The van der Waals surface area contributed by atoms with E-state index in [4.69, 9.17) is 5.73 Å². The van der Waals surface area contributed by atoms with Crippen LogP contribution in [0.4, 0.5) is 0 Å². The van der Waals surface area contributed by atoms with Gasteiger partial charge in [0, 0.05) is 0 Å². The van der Waals surface area contributed by atoms with Gasteiger partial charge in [-0.15, -0.1) is 0 Å². The molecule has 0 aliphatic rings. The van der Waals surface area contributed by atoms with Crippen LogP contribution in [0.25, 0.3) is 0 Å². The summed E-state index contributed by atoms with van der Waals surface area (Å²) in [6.45, 7) is 5.36. The third-order valence-corrected chi connectivity index (χ3v) is 1.26. The summed E-state index contributed by atoms with van der Waals surface area (Å²) in [6.07, 6.45) is 0.632. The Labute approximate surface area is 62.4 Å². The van der Waals surface area contributed by atoms with Gasteiger partial charge in [0.05, 0.1) is 6.04 Å². The minimum atomic E-state index is -0.867. The number of aliphatic hydroxyl groups is 1. The highest BCUT2D eigenvalue weighted by Gasteiger charge is 2.11. The predicted octanol–water partition coefficient (Wildman–Crippen LogP) is 0.498. The molecular weight excluding hydrogens is 126 g/mol. The van der Waals surface area contributed by atoms with Crippen LogP contribution >= 0.6 is 0 Å². The molecule has 2 unspecified atom stereocenters. The van der Waals surface area contributed by atoms with E-state index in [9.17, 15) is 5.11 Å². The minimum absolute atomic E-state index is 0.155. The molecule has 0 heterocycles. The Morgan fingerprint density at radius 2 is 2.20 bits per heavy atom. The average molecular weight is 141 g/mol. The van der Waals surface area contributed by atoms with Crippen molar-refractivity contribution in [3.05, 3.63) is 0 Å². The van der Waals surface area contributed by atoms with Gasteiger partial charge in [-0.05, 0) is 20.3 Å². The van der Waals surface area contributed by atoms with Gasteiger partial charge in [0.2, 0.25) is 0 Å². The number of rotatable bonds is 1. The molecule has 0 aliphatic carbocycles. The molecule has 0 bridgehead atoms. The molecule has 0 saturated carbocycles. The molecule has 2 atom stereocenters. The van der Waals surface area contributed by atoms with Crippen molar-refractivity contribution in [2.75, 3.05) is 0 Å². The fourth-order valence-electron chi connectivity index (χ4n) is 0.358. The molecule has 2 nitrogen and oxygen atoms in total. The van der Waals surface area contributed by atoms with E-state index in [0.717, 1.165) is 0 Å². The molecule has 0 saturated heterocycles. The van der Waals surface area contributed by atoms with Gasteiger partial charge in [-0.2, -0.15) is 0 Å². The molecule has 0 fully saturated rings. The van der Waals surface area contributed by atoms with Crippen LogP contribution in [0.2, 0.25) is 0 Å². The topological polar surface area (TPSA) is 46.2 Å². The van der Waals surface area contributed by atoms with E-state index in [1.165, 1.54) is 0 Å². The van der Waals surface area contributed by atoms with Crippen molar-refractivity contribution in [1.29, 1.82) is 0 Å². The van der Waals surface area contributed by atoms with Crippen LogP contribution in [-0.2, 0) is 0 Å². The SMILES string of the molecule is CCC(C)(O)C#CC(C)N. The fourth-order valence-corrected chi connectivity index (χ4v) is 0.358. The molecule has 0 aromatic rings. The number of hydrogen-bond acceptors (Lipinski definition) is 2. The lowest BCUT2D eigenvalue weighted by atomic mass is 10.0. The zero-order valence-electron chi connectivity index (χ0n) is 6.81. The first-order valence-corrected chi connectivity index (χ1v) is 3.48. The van der Waals surface area contributed by atoms with Gasteiger partial charge in [-0.1, -0.05) is 18.8 Å². The zero-order chi connectivity index (χ0) is 8.20. The largest absolute Gasteiger partial charge is 0.378 e. The van der Waals surface area contributed by atoms with Gasteiger partial charge in [-0.3, -0.25) is 0 Å². The molecule has 0 aromatic heterocycles. The summed E-state index contributed by atoms with van der Waals surface area (Å²) in [5, 5.41) is 9.34. The van der Waals surface area contributed by atoms with Crippen LogP contribution < -0.4 is 5.73 Å². The molecule has 10 heavy (non-hydrogen) atoms. The minimum Gasteiger partial charge on any atom is -0.378 e. The highest BCUT2D eigenvalue weighted by atomic mass is 16.3. The summed E-state index contributed by atoms with van der Waals surface area (Å²) in [7, 11) is 0.